The third kappa shape index (κ3) is 1.90. The van der Waals surface area contributed by atoms with Crippen LogP contribution in [0.3, 0.4) is 0 Å². The van der Waals surface area contributed by atoms with Gasteiger partial charge >= 0.3 is 5.97 Å². The predicted molar refractivity (Wildman–Crippen MR) is 72.1 cm³/mol. The van der Waals surface area contributed by atoms with Gasteiger partial charge in [0.25, 0.3) is 0 Å². The molecule has 1 heterocycles. The number of benzene rings is 1. The number of aryl methyl sites for hydroxylation is 1. The van der Waals surface area contributed by atoms with E-state index in [1.54, 1.807) is 11.3 Å². The number of nitrogens with zero attached hydrogens (tertiary/aromatic N) is 1. The number of aliphatic carboxylic acids is 1. The molecule has 2 unspecified atom stereocenters. The Bertz CT molecular complexity index is 605. The third-order valence-corrected chi connectivity index (χ3v) is 4.95. The van der Waals surface area contributed by atoms with Gasteiger partial charge in [-0.2, -0.15) is 0 Å². The van der Waals surface area contributed by atoms with E-state index < -0.39 is 5.97 Å². The van der Waals surface area contributed by atoms with Gasteiger partial charge in [0.15, 0.2) is 0 Å². The van der Waals surface area contributed by atoms with Gasteiger partial charge in [0, 0.05) is 5.92 Å². The summed E-state index contributed by atoms with van der Waals surface area (Å²) in [5.74, 6) is -0.499. The zero-order valence-electron chi connectivity index (χ0n) is 10.2. The highest BCUT2D eigenvalue weighted by Crippen LogP contribution is 2.41. The first-order valence-electron chi connectivity index (χ1n) is 6.24. The van der Waals surface area contributed by atoms with Crippen molar-refractivity contribution in [3.8, 4) is 0 Å². The van der Waals surface area contributed by atoms with Crippen LogP contribution in [0.1, 0.15) is 35.8 Å². The average Bonchev–Trinajstić information content (AvgIpc) is 2.95. The lowest BCUT2D eigenvalue weighted by molar-refractivity contribution is -0.141. The maximum atomic E-state index is 11.0. The molecule has 1 aliphatic carbocycles. The summed E-state index contributed by atoms with van der Waals surface area (Å²) in [6.45, 7) is 2.07. The normalized spacial score (nSPS) is 23.6. The van der Waals surface area contributed by atoms with Crippen molar-refractivity contribution in [1.29, 1.82) is 0 Å². The van der Waals surface area contributed by atoms with Crippen LogP contribution in [0.2, 0.25) is 0 Å². The van der Waals surface area contributed by atoms with E-state index in [1.807, 2.05) is 6.07 Å². The van der Waals surface area contributed by atoms with Gasteiger partial charge in [0.05, 0.1) is 21.1 Å². The number of thiazole rings is 1. The van der Waals surface area contributed by atoms with Crippen molar-refractivity contribution in [1.82, 2.24) is 4.98 Å². The van der Waals surface area contributed by atoms with E-state index in [9.17, 15) is 4.79 Å². The van der Waals surface area contributed by atoms with Crippen LogP contribution in [-0.2, 0) is 4.79 Å². The van der Waals surface area contributed by atoms with Gasteiger partial charge < -0.3 is 5.11 Å². The first-order chi connectivity index (χ1) is 8.65. The highest BCUT2D eigenvalue weighted by atomic mass is 32.1. The number of carboxylic acids is 1. The number of aromatic nitrogens is 1. The lowest BCUT2D eigenvalue weighted by Crippen LogP contribution is -2.09. The van der Waals surface area contributed by atoms with Gasteiger partial charge in [-0.1, -0.05) is 12.1 Å². The molecular formula is C14H15NO2S. The highest BCUT2D eigenvalue weighted by molar-refractivity contribution is 7.18. The van der Waals surface area contributed by atoms with E-state index in [-0.39, 0.29) is 5.92 Å². The van der Waals surface area contributed by atoms with Gasteiger partial charge in [0.2, 0.25) is 0 Å². The quantitative estimate of drug-likeness (QED) is 0.899. The number of carboxylic acid groups (broad SMARTS) is 1. The van der Waals surface area contributed by atoms with Gasteiger partial charge in [0.1, 0.15) is 0 Å². The van der Waals surface area contributed by atoms with Crippen molar-refractivity contribution < 1.29 is 9.90 Å². The molecule has 1 aromatic carbocycles. The van der Waals surface area contributed by atoms with E-state index in [1.165, 1.54) is 10.3 Å². The summed E-state index contributed by atoms with van der Waals surface area (Å²) in [5.41, 5.74) is 2.28. The monoisotopic (exact) mass is 261 g/mol. The van der Waals surface area contributed by atoms with E-state index in [0.29, 0.717) is 5.92 Å². The Morgan fingerprint density at radius 1 is 1.44 bits per heavy atom. The Balaban J connectivity index is 1.92. The largest absolute Gasteiger partial charge is 0.481 e. The molecule has 4 heteroatoms. The Morgan fingerprint density at radius 3 is 2.94 bits per heavy atom. The molecule has 0 amide bonds. The van der Waals surface area contributed by atoms with Crippen molar-refractivity contribution in [3.05, 3.63) is 28.8 Å². The molecule has 3 rings (SSSR count). The van der Waals surface area contributed by atoms with E-state index in [0.717, 1.165) is 29.8 Å². The summed E-state index contributed by atoms with van der Waals surface area (Å²) >= 11 is 1.72. The summed E-state index contributed by atoms with van der Waals surface area (Å²) in [7, 11) is 0. The van der Waals surface area contributed by atoms with Crippen molar-refractivity contribution in [2.45, 2.75) is 32.1 Å². The molecule has 1 aromatic heterocycles. The lowest BCUT2D eigenvalue weighted by atomic mass is 10.1. The molecule has 0 spiro atoms. The Labute approximate surface area is 109 Å². The van der Waals surface area contributed by atoms with E-state index >= 15 is 0 Å². The maximum Gasteiger partial charge on any atom is 0.306 e. The molecule has 1 fully saturated rings. The second-order valence-corrected chi connectivity index (χ2v) is 6.08. The molecule has 1 N–H and O–H groups in total. The number of carbonyl (C=O) groups is 1. The number of fused-ring (bicyclic) bond motifs is 1. The van der Waals surface area contributed by atoms with Crippen LogP contribution in [-0.4, -0.2) is 16.1 Å². The minimum atomic E-state index is -0.658. The Hall–Kier alpha value is -1.42. The van der Waals surface area contributed by atoms with Crippen LogP contribution < -0.4 is 0 Å². The molecular weight excluding hydrogens is 246 g/mol. The van der Waals surface area contributed by atoms with Crippen molar-refractivity contribution >= 4 is 27.5 Å². The van der Waals surface area contributed by atoms with Gasteiger partial charge in [-0.15, -0.1) is 11.3 Å². The second kappa shape index (κ2) is 4.35. The first kappa shape index (κ1) is 11.7. The highest BCUT2D eigenvalue weighted by Gasteiger charge is 2.32. The fourth-order valence-corrected chi connectivity index (χ4v) is 3.90. The molecule has 1 aliphatic rings. The average molecular weight is 261 g/mol. The van der Waals surface area contributed by atoms with Gasteiger partial charge in [-0.3, -0.25) is 4.79 Å². The molecule has 0 saturated heterocycles. The Kier molecular flexibility index (Phi) is 2.82. The zero-order chi connectivity index (χ0) is 12.7. The Morgan fingerprint density at radius 2 is 2.28 bits per heavy atom. The molecule has 2 aromatic rings. The molecule has 94 valence electrons. The number of hydrogen-bond acceptors (Lipinski definition) is 3. The number of para-hydroxylation sites is 1. The number of hydrogen-bond donors (Lipinski definition) is 1. The van der Waals surface area contributed by atoms with Crippen LogP contribution in [0, 0.1) is 12.8 Å². The summed E-state index contributed by atoms with van der Waals surface area (Å²) < 4.78 is 1.21. The molecule has 1 saturated carbocycles. The van der Waals surface area contributed by atoms with Gasteiger partial charge in [-0.25, -0.2) is 4.98 Å². The summed E-state index contributed by atoms with van der Waals surface area (Å²) in [6.07, 6.45) is 2.49. The predicted octanol–water partition coefficient (Wildman–Crippen LogP) is 3.57. The topological polar surface area (TPSA) is 50.2 Å². The van der Waals surface area contributed by atoms with Crippen LogP contribution >= 0.6 is 11.3 Å². The van der Waals surface area contributed by atoms with Crippen molar-refractivity contribution in [3.63, 3.8) is 0 Å². The molecule has 3 nitrogen and oxygen atoms in total. The van der Waals surface area contributed by atoms with Crippen molar-refractivity contribution in [2.75, 3.05) is 0 Å². The molecule has 2 atom stereocenters. The minimum absolute atomic E-state index is 0.178. The SMILES string of the molecule is Cc1cccc2sc(C3CCC(C(=O)O)C3)nc12. The molecule has 18 heavy (non-hydrogen) atoms. The smallest absolute Gasteiger partial charge is 0.306 e. The van der Waals surface area contributed by atoms with E-state index in [2.05, 4.69) is 19.1 Å². The fourth-order valence-electron chi connectivity index (χ4n) is 2.71. The molecule has 0 bridgehead atoms. The van der Waals surface area contributed by atoms with Gasteiger partial charge in [-0.05, 0) is 37.8 Å². The second-order valence-electron chi connectivity index (χ2n) is 5.02. The van der Waals surface area contributed by atoms with Crippen LogP contribution in [0.25, 0.3) is 10.2 Å². The van der Waals surface area contributed by atoms with Crippen molar-refractivity contribution in [2.24, 2.45) is 5.92 Å². The summed E-state index contributed by atoms with van der Waals surface area (Å²) in [6, 6.07) is 6.21. The molecule has 0 aliphatic heterocycles. The van der Waals surface area contributed by atoms with E-state index in [4.69, 9.17) is 10.1 Å². The standard InChI is InChI=1S/C14H15NO2S/c1-8-3-2-4-11-12(8)15-13(18-11)9-5-6-10(7-9)14(16)17/h2-4,9-10H,5-7H2,1H3,(H,16,17). The fraction of sp³-hybridized carbons (Fsp3) is 0.429. The zero-order valence-corrected chi connectivity index (χ0v) is 11.0. The number of rotatable bonds is 2. The maximum absolute atomic E-state index is 11.0. The minimum Gasteiger partial charge on any atom is -0.481 e. The van der Waals surface area contributed by atoms with Crippen LogP contribution in [0.15, 0.2) is 18.2 Å². The molecule has 0 radical (unpaired) electrons. The summed E-state index contributed by atoms with van der Waals surface area (Å²) in [4.78, 5) is 15.7. The summed E-state index contributed by atoms with van der Waals surface area (Å²) in [5, 5.41) is 10.2. The first-order valence-corrected chi connectivity index (χ1v) is 7.05. The third-order valence-electron chi connectivity index (χ3n) is 3.77. The van der Waals surface area contributed by atoms with Crippen LogP contribution in [0.4, 0.5) is 0 Å². The lowest BCUT2D eigenvalue weighted by Gasteiger charge is -2.04. The van der Waals surface area contributed by atoms with Crippen LogP contribution in [0.5, 0.6) is 0 Å².